The Kier molecular flexibility index (Phi) is 5.04. The number of hydrogen-bond acceptors (Lipinski definition) is 4. The predicted octanol–water partition coefficient (Wildman–Crippen LogP) is 2.86. The lowest BCUT2D eigenvalue weighted by atomic mass is 10.0. The summed E-state index contributed by atoms with van der Waals surface area (Å²) in [5.74, 6) is 0.632. The summed E-state index contributed by atoms with van der Waals surface area (Å²) >= 11 is 0. The zero-order valence-corrected chi connectivity index (χ0v) is 14.5. The largest absolute Gasteiger partial charge is 0.387 e. The Morgan fingerprint density at radius 3 is 2.21 bits per heavy atom. The molecule has 1 aliphatic rings. The van der Waals surface area contributed by atoms with Crippen molar-refractivity contribution in [3.05, 3.63) is 65.7 Å². The number of hydrogen-bond donors (Lipinski definition) is 2. The molecule has 0 radical (unpaired) electrons. The van der Waals surface area contributed by atoms with Crippen LogP contribution in [0.25, 0.3) is 0 Å². The van der Waals surface area contributed by atoms with Gasteiger partial charge in [0.1, 0.15) is 0 Å². The summed E-state index contributed by atoms with van der Waals surface area (Å²) in [7, 11) is -3.21. The Balaban J connectivity index is 1.65. The van der Waals surface area contributed by atoms with Crippen LogP contribution in [0.15, 0.2) is 59.5 Å². The average Bonchev–Trinajstić information content (AvgIpc) is 3.40. The van der Waals surface area contributed by atoms with Crippen LogP contribution in [0.2, 0.25) is 0 Å². The second kappa shape index (κ2) is 7.05. The highest BCUT2D eigenvalue weighted by molar-refractivity contribution is 7.90. The summed E-state index contributed by atoms with van der Waals surface area (Å²) in [6.07, 6.45) is 2.95. The second-order valence-electron chi connectivity index (χ2n) is 6.49. The van der Waals surface area contributed by atoms with Gasteiger partial charge >= 0.3 is 0 Å². The fourth-order valence-electron chi connectivity index (χ4n) is 2.94. The number of aliphatic hydroxyl groups excluding tert-OH is 1. The minimum absolute atomic E-state index is 0.260. The number of benzene rings is 2. The lowest BCUT2D eigenvalue weighted by Crippen LogP contribution is -2.27. The summed E-state index contributed by atoms with van der Waals surface area (Å²) in [5.41, 5.74) is 1.97. The molecular weight excluding hydrogens is 322 g/mol. The number of nitrogens with one attached hydrogen (secondary N) is 1. The van der Waals surface area contributed by atoms with Crippen molar-refractivity contribution in [3.8, 4) is 0 Å². The van der Waals surface area contributed by atoms with Crippen LogP contribution in [-0.2, 0) is 9.84 Å². The van der Waals surface area contributed by atoms with Crippen molar-refractivity contribution in [3.63, 3.8) is 0 Å². The molecule has 1 saturated carbocycles. The molecule has 0 aromatic heterocycles. The minimum Gasteiger partial charge on any atom is -0.387 e. The van der Waals surface area contributed by atoms with Gasteiger partial charge in [-0.05, 0) is 42.0 Å². The first kappa shape index (κ1) is 17.1. The molecule has 2 N–H and O–H groups in total. The van der Waals surface area contributed by atoms with Gasteiger partial charge in [-0.2, -0.15) is 0 Å². The van der Waals surface area contributed by atoms with Crippen molar-refractivity contribution in [1.82, 2.24) is 5.32 Å². The third kappa shape index (κ3) is 4.23. The van der Waals surface area contributed by atoms with Gasteiger partial charge in [-0.1, -0.05) is 42.5 Å². The molecule has 0 saturated heterocycles. The summed E-state index contributed by atoms with van der Waals surface area (Å²) in [5, 5.41) is 13.9. The molecule has 3 rings (SSSR count). The summed E-state index contributed by atoms with van der Waals surface area (Å²) in [6, 6.07) is 17.0. The topological polar surface area (TPSA) is 66.4 Å². The van der Waals surface area contributed by atoms with Crippen molar-refractivity contribution in [2.24, 2.45) is 5.92 Å². The first-order valence-corrected chi connectivity index (χ1v) is 10.1. The second-order valence-corrected chi connectivity index (χ2v) is 8.51. The maximum atomic E-state index is 11.5. The Morgan fingerprint density at radius 1 is 1.04 bits per heavy atom. The molecule has 1 aliphatic carbocycles. The van der Waals surface area contributed by atoms with Crippen molar-refractivity contribution in [1.29, 1.82) is 0 Å². The minimum atomic E-state index is -3.21. The normalized spacial score (nSPS) is 17.4. The first-order chi connectivity index (χ1) is 11.4. The molecule has 2 unspecified atom stereocenters. The lowest BCUT2D eigenvalue weighted by Gasteiger charge is -2.21. The zero-order chi connectivity index (χ0) is 17.2. The van der Waals surface area contributed by atoms with E-state index in [1.807, 2.05) is 18.2 Å². The van der Waals surface area contributed by atoms with Crippen LogP contribution >= 0.6 is 0 Å². The molecule has 0 amide bonds. The fourth-order valence-corrected chi connectivity index (χ4v) is 3.57. The van der Waals surface area contributed by atoms with Crippen molar-refractivity contribution < 1.29 is 13.5 Å². The van der Waals surface area contributed by atoms with E-state index in [0.29, 0.717) is 12.5 Å². The SMILES string of the molecule is CS(=O)(=O)c1ccc(C(O)CNC(c2ccccc2)C2CC2)cc1. The number of aliphatic hydroxyl groups is 1. The molecule has 128 valence electrons. The molecule has 0 spiro atoms. The van der Waals surface area contributed by atoms with Gasteiger partial charge in [0.2, 0.25) is 0 Å². The summed E-state index contributed by atoms with van der Waals surface area (Å²) in [4.78, 5) is 0.270. The number of sulfone groups is 1. The monoisotopic (exact) mass is 345 g/mol. The molecular formula is C19H23NO3S. The summed E-state index contributed by atoms with van der Waals surface area (Å²) < 4.78 is 23.0. The Bertz CT molecular complexity index is 768. The van der Waals surface area contributed by atoms with E-state index < -0.39 is 15.9 Å². The molecule has 0 bridgehead atoms. The lowest BCUT2D eigenvalue weighted by molar-refractivity contribution is 0.168. The van der Waals surface area contributed by atoms with E-state index in [-0.39, 0.29) is 10.9 Å². The van der Waals surface area contributed by atoms with Crippen LogP contribution in [0.3, 0.4) is 0 Å². The summed E-state index contributed by atoms with van der Waals surface area (Å²) in [6.45, 7) is 0.439. The maximum absolute atomic E-state index is 11.5. The maximum Gasteiger partial charge on any atom is 0.175 e. The molecule has 2 aromatic rings. The van der Waals surface area contributed by atoms with E-state index in [0.717, 1.165) is 5.56 Å². The van der Waals surface area contributed by atoms with E-state index in [4.69, 9.17) is 0 Å². The van der Waals surface area contributed by atoms with Crippen LogP contribution in [-0.4, -0.2) is 26.3 Å². The highest BCUT2D eigenvalue weighted by atomic mass is 32.2. The van der Waals surface area contributed by atoms with Crippen LogP contribution in [0.5, 0.6) is 0 Å². The highest BCUT2D eigenvalue weighted by Crippen LogP contribution is 2.41. The van der Waals surface area contributed by atoms with E-state index in [1.54, 1.807) is 24.3 Å². The van der Waals surface area contributed by atoms with E-state index in [9.17, 15) is 13.5 Å². The Labute approximate surface area is 143 Å². The quantitative estimate of drug-likeness (QED) is 0.810. The van der Waals surface area contributed by atoms with E-state index in [2.05, 4.69) is 17.4 Å². The fraction of sp³-hybridized carbons (Fsp3) is 0.368. The molecule has 24 heavy (non-hydrogen) atoms. The Morgan fingerprint density at radius 2 is 1.67 bits per heavy atom. The van der Waals surface area contributed by atoms with Crippen LogP contribution in [0.4, 0.5) is 0 Å². The van der Waals surface area contributed by atoms with Gasteiger partial charge in [0.15, 0.2) is 9.84 Å². The van der Waals surface area contributed by atoms with Gasteiger partial charge in [0.05, 0.1) is 11.0 Å². The Hall–Kier alpha value is -1.69. The van der Waals surface area contributed by atoms with Gasteiger partial charge in [0, 0.05) is 18.8 Å². The highest BCUT2D eigenvalue weighted by Gasteiger charge is 2.32. The van der Waals surface area contributed by atoms with Gasteiger partial charge < -0.3 is 10.4 Å². The molecule has 0 heterocycles. The van der Waals surface area contributed by atoms with Gasteiger partial charge in [-0.15, -0.1) is 0 Å². The van der Waals surface area contributed by atoms with E-state index >= 15 is 0 Å². The van der Waals surface area contributed by atoms with Gasteiger partial charge in [-0.3, -0.25) is 0 Å². The van der Waals surface area contributed by atoms with E-state index in [1.165, 1.54) is 24.7 Å². The third-order valence-corrected chi connectivity index (χ3v) is 5.60. The van der Waals surface area contributed by atoms with Crippen molar-refractivity contribution >= 4 is 9.84 Å². The zero-order valence-electron chi connectivity index (χ0n) is 13.7. The van der Waals surface area contributed by atoms with Crippen LogP contribution in [0.1, 0.15) is 36.1 Å². The average molecular weight is 345 g/mol. The van der Waals surface area contributed by atoms with Gasteiger partial charge in [-0.25, -0.2) is 8.42 Å². The third-order valence-electron chi connectivity index (χ3n) is 4.48. The van der Waals surface area contributed by atoms with Crippen molar-refractivity contribution in [2.45, 2.75) is 29.9 Å². The predicted molar refractivity (Wildman–Crippen MR) is 94.4 cm³/mol. The molecule has 5 heteroatoms. The molecule has 2 aromatic carbocycles. The first-order valence-electron chi connectivity index (χ1n) is 8.21. The molecule has 0 aliphatic heterocycles. The van der Waals surface area contributed by atoms with Crippen molar-refractivity contribution in [2.75, 3.05) is 12.8 Å². The molecule has 4 nitrogen and oxygen atoms in total. The smallest absolute Gasteiger partial charge is 0.175 e. The van der Waals surface area contributed by atoms with Crippen LogP contribution in [0, 0.1) is 5.92 Å². The standard InChI is InChI=1S/C19H23NO3S/c1-24(22,23)17-11-9-14(10-12-17)18(21)13-20-19(16-7-8-16)15-5-3-2-4-6-15/h2-6,9-12,16,18-21H,7-8,13H2,1H3. The molecule has 1 fully saturated rings. The van der Waals surface area contributed by atoms with Gasteiger partial charge in [0.25, 0.3) is 0 Å². The molecule has 2 atom stereocenters. The van der Waals surface area contributed by atoms with Crippen LogP contribution < -0.4 is 5.32 Å². The number of rotatable bonds is 7.